The van der Waals surface area contributed by atoms with Crippen LogP contribution >= 0.6 is 0 Å². The van der Waals surface area contributed by atoms with Gasteiger partial charge in [-0.1, -0.05) is 37.0 Å². The fraction of sp³-hybridized carbons (Fsp3) is 0.421. The fourth-order valence-electron chi connectivity index (χ4n) is 3.15. The number of carbonyl (C=O) groups excluding carboxylic acids is 1. The number of aryl methyl sites for hydroxylation is 2. The van der Waals surface area contributed by atoms with E-state index in [-0.39, 0.29) is 11.9 Å². The molecule has 1 aromatic heterocycles. The number of hydrogen-bond donors (Lipinski definition) is 2. The SMILES string of the molecule is Cc1ccc(Nc2cc(C(=O)NC3CCCCC3)ncn2)c(C)c1. The van der Waals surface area contributed by atoms with E-state index < -0.39 is 0 Å². The second-order valence-electron chi connectivity index (χ2n) is 6.54. The average molecular weight is 324 g/mol. The molecular formula is C19H24N4O. The van der Waals surface area contributed by atoms with Gasteiger partial charge in [0.2, 0.25) is 0 Å². The van der Waals surface area contributed by atoms with Crippen LogP contribution in [0.3, 0.4) is 0 Å². The highest BCUT2D eigenvalue weighted by Crippen LogP contribution is 2.21. The molecule has 0 radical (unpaired) electrons. The van der Waals surface area contributed by atoms with Crippen LogP contribution in [0.1, 0.15) is 53.7 Å². The van der Waals surface area contributed by atoms with E-state index in [0.717, 1.165) is 24.1 Å². The molecule has 5 heteroatoms. The van der Waals surface area contributed by atoms with Crippen LogP contribution in [-0.2, 0) is 0 Å². The van der Waals surface area contributed by atoms with Gasteiger partial charge >= 0.3 is 0 Å². The quantitative estimate of drug-likeness (QED) is 0.895. The van der Waals surface area contributed by atoms with Gasteiger partial charge < -0.3 is 10.6 Å². The van der Waals surface area contributed by atoms with E-state index in [4.69, 9.17) is 0 Å². The van der Waals surface area contributed by atoms with E-state index in [0.29, 0.717) is 11.5 Å². The lowest BCUT2D eigenvalue weighted by Crippen LogP contribution is -2.36. The number of aromatic nitrogens is 2. The van der Waals surface area contributed by atoms with E-state index in [9.17, 15) is 4.79 Å². The Labute approximate surface area is 142 Å². The smallest absolute Gasteiger partial charge is 0.270 e. The van der Waals surface area contributed by atoms with Crippen LogP contribution in [0.2, 0.25) is 0 Å². The van der Waals surface area contributed by atoms with Gasteiger partial charge in [-0.2, -0.15) is 0 Å². The molecule has 0 bridgehead atoms. The molecule has 1 heterocycles. The molecule has 1 amide bonds. The number of carbonyl (C=O) groups is 1. The number of amides is 1. The summed E-state index contributed by atoms with van der Waals surface area (Å²) in [7, 11) is 0. The van der Waals surface area contributed by atoms with Crippen molar-refractivity contribution >= 4 is 17.4 Å². The molecule has 0 unspecified atom stereocenters. The van der Waals surface area contributed by atoms with E-state index in [1.165, 1.54) is 31.2 Å². The van der Waals surface area contributed by atoms with Gasteiger partial charge in [0.25, 0.3) is 5.91 Å². The predicted molar refractivity (Wildman–Crippen MR) is 95.6 cm³/mol. The first-order chi connectivity index (χ1) is 11.6. The number of benzene rings is 1. The van der Waals surface area contributed by atoms with E-state index in [1.807, 2.05) is 19.1 Å². The Morgan fingerprint density at radius 1 is 1.08 bits per heavy atom. The molecule has 2 N–H and O–H groups in total. The third-order valence-corrected chi connectivity index (χ3v) is 4.48. The van der Waals surface area contributed by atoms with Crippen LogP contribution in [0.5, 0.6) is 0 Å². The van der Waals surface area contributed by atoms with Crippen molar-refractivity contribution in [1.82, 2.24) is 15.3 Å². The summed E-state index contributed by atoms with van der Waals surface area (Å²) in [6.07, 6.45) is 7.20. The van der Waals surface area contributed by atoms with Crippen LogP contribution in [0.15, 0.2) is 30.6 Å². The molecule has 0 atom stereocenters. The van der Waals surface area contributed by atoms with Crippen molar-refractivity contribution in [2.75, 3.05) is 5.32 Å². The first-order valence-electron chi connectivity index (χ1n) is 8.59. The maximum atomic E-state index is 12.4. The van der Waals surface area contributed by atoms with E-state index in [2.05, 4.69) is 33.6 Å². The summed E-state index contributed by atoms with van der Waals surface area (Å²) >= 11 is 0. The minimum atomic E-state index is -0.118. The highest BCUT2D eigenvalue weighted by molar-refractivity contribution is 5.93. The molecule has 24 heavy (non-hydrogen) atoms. The summed E-state index contributed by atoms with van der Waals surface area (Å²) < 4.78 is 0. The van der Waals surface area contributed by atoms with Crippen molar-refractivity contribution in [2.45, 2.75) is 52.0 Å². The van der Waals surface area contributed by atoms with Crippen molar-refractivity contribution < 1.29 is 4.79 Å². The van der Waals surface area contributed by atoms with E-state index in [1.54, 1.807) is 6.07 Å². The van der Waals surface area contributed by atoms with Crippen molar-refractivity contribution in [3.8, 4) is 0 Å². The van der Waals surface area contributed by atoms with Gasteiger partial charge in [-0.25, -0.2) is 9.97 Å². The van der Waals surface area contributed by atoms with Crippen molar-refractivity contribution in [3.63, 3.8) is 0 Å². The topological polar surface area (TPSA) is 66.9 Å². The number of nitrogens with zero attached hydrogens (tertiary/aromatic N) is 2. The molecule has 2 aromatic rings. The van der Waals surface area contributed by atoms with Gasteiger partial charge in [-0.05, 0) is 38.3 Å². The Bertz CT molecular complexity index is 723. The maximum Gasteiger partial charge on any atom is 0.270 e. The van der Waals surface area contributed by atoms with Crippen molar-refractivity contribution in [3.05, 3.63) is 47.4 Å². The summed E-state index contributed by atoms with van der Waals surface area (Å²) in [6.45, 7) is 4.11. The molecular weight excluding hydrogens is 300 g/mol. The van der Waals surface area contributed by atoms with Gasteiger partial charge in [0.15, 0.2) is 0 Å². The Morgan fingerprint density at radius 2 is 1.88 bits per heavy atom. The van der Waals surface area contributed by atoms with Crippen LogP contribution in [-0.4, -0.2) is 21.9 Å². The second kappa shape index (κ2) is 7.43. The number of nitrogens with one attached hydrogen (secondary N) is 2. The number of rotatable bonds is 4. The van der Waals surface area contributed by atoms with Gasteiger partial charge in [-0.15, -0.1) is 0 Å². The summed E-state index contributed by atoms with van der Waals surface area (Å²) in [5.41, 5.74) is 3.75. The zero-order valence-electron chi connectivity index (χ0n) is 14.3. The normalized spacial score (nSPS) is 15.1. The van der Waals surface area contributed by atoms with Crippen LogP contribution in [0.4, 0.5) is 11.5 Å². The Balaban J connectivity index is 1.70. The van der Waals surface area contributed by atoms with Crippen LogP contribution in [0.25, 0.3) is 0 Å². The summed E-state index contributed by atoms with van der Waals surface area (Å²) in [4.78, 5) is 20.7. The van der Waals surface area contributed by atoms with E-state index >= 15 is 0 Å². The Morgan fingerprint density at radius 3 is 2.62 bits per heavy atom. The molecule has 0 saturated heterocycles. The predicted octanol–water partition coefficient (Wildman–Crippen LogP) is 3.90. The standard InChI is InChI=1S/C19H24N4O/c1-13-8-9-16(14(2)10-13)23-18-11-17(20-12-21-18)19(24)22-15-6-4-3-5-7-15/h8-12,15H,3-7H2,1-2H3,(H,22,24)(H,20,21,23). The molecule has 1 aromatic carbocycles. The first-order valence-corrected chi connectivity index (χ1v) is 8.59. The molecule has 1 aliphatic rings. The fourth-order valence-corrected chi connectivity index (χ4v) is 3.15. The lowest BCUT2D eigenvalue weighted by Gasteiger charge is -2.22. The average Bonchev–Trinajstić information content (AvgIpc) is 2.59. The number of hydrogen-bond acceptors (Lipinski definition) is 4. The molecule has 1 saturated carbocycles. The third-order valence-electron chi connectivity index (χ3n) is 4.48. The highest BCUT2D eigenvalue weighted by atomic mass is 16.1. The molecule has 0 aliphatic heterocycles. The second-order valence-corrected chi connectivity index (χ2v) is 6.54. The molecule has 126 valence electrons. The highest BCUT2D eigenvalue weighted by Gasteiger charge is 2.17. The van der Waals surface area contributed by atoms with Crippen LogP contribution < -0.4 is 10.6 Å². The van der Waals surface area contributed by atoms with Gasteiger partial charge in [0.1, 0.15) is 17.8 Å². The number of anilines is 2. The summed E-state index contributed by atoms with van der Waals surface area (Å²) in [6, 6.07) is 8.16. The van der Waals surface area contributed by atoms with Crippen LogP contribution in [0, 0.1) is 13.8 Å². The summed E-state index contributed by atoms with van der Waals surface area (Å²) in [5, 5.41) is 6.36. The monoisotopic (exact) mass is 324 g/mol. The maximum absolute atomic E-state index is 12.4. The third kappa shape index (κ3) is 4.10. The molecule has 0 spiro atoms. The van der Waals surface area contributed by atoms with Gasteiger partial charge in [0.05, 0.1) is 0 Å². The molecule has 1 fully saturated rings. The van der Waals surface area contributed by atoms with Gasteiger partial charge in [0, 0.05) is 17.8 Å². The Hall–Kier alpha value is -2.43. The minimum absolute atomic E-state index is 0.118. The molecule has 5 nitrogen and oxygen atoms in total. The summed E-state index contributed by atoms with van der Waals surface area (Å²) in [5.74, 6) is 0.513. The van der Waals surface area contributed by atoms with Crippen molar-refractivity contribution in [2.24, 2.45) is 0 Å². The Kier molecular flexibility index (Phi) is 5.08. The largest absolute Gasteiger partial charge is 0.348 e. The lowest BCUT2D eigenvalue weighted by molar-refractivity contribution is 0.0922. The molecule has 3 rings (SSSR count). The zero-order chi connectivity index (χ0) is 16.9. The first kappa shape index (κ1) is 16.4. The minimum Gasteiger partial charge on any atom is -0.348 e. The van der Waals surface area contributed by atoms with Gasteiger partial charge in [-0.3, -0.25) is 4.79 Å². The van der Waals surface area contributed by atoms with Crippen molar-refractivity contribution in [1.29, 1.82) is 0 Å². The lowest BCUT2D eigenvalue weighted by atomic mass is 9.95. The zero-order valence-corrected chi connectivity index (χ0v) is 14.3. The molecule has 1 aliphatic carbocycles.